The lowest BCUT2D eigenvalue weighted by atomic mass is 9.84. The van der Waals surface area contributed by atoms with E-state index in [9.17, 15) is 5.11 Å². The van der Waals surface area contributed by atoms with Gasteiger partial charge in [-0.05, 0) is 37.1 Å². The summed E-state index contributed by atoms with van der Waals surface area (Å²) >= 11 is 4.98. The number of hydrogen-bond acceptors (Lipinski definition) is 5. The van der Waals surface area contributed by atoms with E-state index < -0.39 is 5.60 Å². The molecule has 0 fully saturated rings. The van der Waals surface area contributed by atoms with Crippen molar-refractivity contribution in [3.63, 3.8) is 0 Å². The number of fused-ring (bicyclic) bond motifs is 1. The fourth-order valence-electron chi connectivity index (χ4n) is 2.68. The van der Waals surface area contributed by atoms with Crippen LogP contribution in [0.5, 0.6) is 5.75 Å². The minimum absolute atomic E-state index is 0.0927. The SMILES string of the molecule is CCOc1ccncc1C(O)(c1nc2ccc(Br)cc2s1)C(C)C. The number of aliphatic hydroxyl groups is 1. The third kappa shape index (κ3) is 2.94. The van der Waals surface area contributed by atoms with Crippen LogP contribution in [-0.2, 0) is 5.60 Å². The topological polar surface area (TPSA) is 55.2 Å². The van der Waals surface area contributed by atoms with Gasteiger partial charge < -0.3 is 9.84 Å². The summed E-state index contributed by atoms with van der Waals surface area (Å²) in [6.07, 6.45) is 3.34. The molecule has 1 N–H and O–H groups in total. The highest BCUT2D eigenvalue weighted by atomic mass is 79.9. The lowest BCUT2D eigenvalue weighted by Gasteiger charge is -2.31. The maximum atomic E-state index is 11.6. The maximum absolute atomic E-state index is 11.6. The molecule has 6 heteroatoms. The summed E-state index contributed by atoms with van der Waals surface area (Å²) in [4.78, 5) is 8.89. The van der Waals surface area contributed by atoms with E-state index in [1.54, 1.807) is 18.5 Å². The first kappa shape index (κ1) is 17.3. The van der Waals surface area contributed by atoms with Crippen LogP contribution < -0.4 is 4.74 Å². The summed E-state index contributed by atoms with van der Waals surface area (Å²) in [6, 6.07) is 7.71. The standard InChI is InChI=1S/C18H19BrN2O2S/c1-4-23-15-7-8-20-10-13(15)18(22,11(2)3)17-21-14-6-5-12(19)9-16(14)24-17/h5-11,22H,4H2,1-3H3. The van der Waals surface area contributed by atoms with E-state index >= 15 is 0 Å². The van der Waals surface area contributed by atoms with Crippen molar-refractivity contribution in [1.29, 1.82) is 0 Å². The smallest absolute Gasteiger partial charge is 0.148 e. The summed E-state index contributed by atoms with van der Waals surface area (Å²) in [7, 11) is 0. The minimum atomic E-state index is -1.26. The lowest BCUT2D eigenvalue weighted by Crippen LogP contribution is -2.34. The molecule has 0 amide bonds. The van der Waals surface area contributed by atoms with Crippen molar-refractivity contribution in [2.75, 3.05) is 6.61 Å². The molecule has 0 saturated heterocycles. The maximum Gasteiger partial charge on any atom is 0.148 e. The zero-order valence-corrected chi connectivity index (χ0v) is 16.2. The Morgan fingerprint density at radius 2 is 2.12 bits per heavy atom. The number of ether oxygens (including phenoxy) is 1. The number of aromatic nitrogens is 2. The van der Waals surface area contributed by atoms with Crippen LogP contribution in [0.25, 0.3) is 10.2 Å². The average molecular weight is 407 g/mol. The van der Waals surface area contributed by atoms with Crippen molar-refractivity contribution in [2.45, 2.75) is 26.4 Å². The molecule has 1 aromatic carbocycles. The fourth-order valence-corrected chi connectivity index (χ4v) is 4.45. The Balaban J connectivity index is 2.21. The van der Waals surface area contributed by atoms with Gasteiger partial charge in [-0.25, -0.2) is 4.98 Å². The minimum Gasteiger partial charge on any atom is -0.493 e. The molecule has 0 saturated carbocycles. The Morgan fingerprint density at radius 1 is 1.33 bits per heavy atom. The molecule has 0 aliphatic carbocycles. The highest BCUT2D eigenvalue weighted by molar-refractivity contribution is 9.10. The van der Waals surface area contributed by atoms with Gasteiger partial charge in [-0.3, -0.25) is 4.98 Å². The molecule has 0 aliphatic rings. The number of halogens is 1. The van der Waals surface area contributed by atoms with Crippen LogP contribution in [0.1, 0.15) is 31.3 Å². The summed E-state index contributed by atoms with van der Waals surface area (Å²) in [5.74, 6) is 0.550. The van der Waals surface area contributed by atoms with Gasteiger partial charge in [0.1, 0.15) is 16.4 Å². The molecule has 0 spiro atoms. The first-order valence-corrected chi connectivity index (χ1v) is 9.44. The van der Waals surface area contributed by atoms with Crippen molar-refractivity contribution in [3.05, 3.63) is 51.7 Å². The summed E-state index contributed by atoms with van der Waals surface area (Å²) in [6.45, 7) is 6.40. The second kappa shape index (κ2) is 6.78. The lowest BCUT2D eigenvalue weighted by molar-refractivity contribution is 0.0286. The number of pyridine rings is 1. The van der Waals surface area contributed by atoms with E-state index in [-0.39, 0.29) is 5.92 Å². The number of hydrogen-bond donors (Lipinski definition) is 1. The van der Waals surface area contributed by atoms with Gasteiger partial charge in [0.25, 0.3) is 0 Å². The van der Waals surface area contributed by atoms with Gasteiger partial charge in [-0.2, -0.15) is 0 Å². The van der Waals surface area contributed by atoms with Gasteiger partial charge in [0.05, 0.1) is 22.4 Å². The fraction of sp³-hybridized carbons (Fsp3) is 0.333. The van der Waals surface area contributed by atoms with Crippen LogP contribution in [0.2, 0.25) is 0 Å². The molecule has 2 aromatic heterocycles. The normalized spacial score (nSPS) is 14.1. The summed E-state index contributed by atoms with van der Waals surface area (Å²) in [5.41, 5.74) is 0.272. The Morgan fingerprint density at radius 3 is 2.83 bits per heavy atom. The van der Waals surface area contributed by atoms with Crippen LogP contribution in [0.15, 0.2) is 41.1 Å². The Hall–Kier alpha value is -1.50. The molecule has 3 aromatic rings. The van der Waals surface area contributed by atoms with Crippen molar-refractivity contribution in [2.24, 2.45) is 5.92 Å². The number of benzene rings is 1. The largest absolute Gasteiger partial charge is 0.493 e. The molecule has 24 heavy (non-hydrogen) atoms. The molecule has 0 radical (unpaired) electrons. The highest BCUT2D eigenvalue weighted by Gasteiger charge is 2.41. The van der Waals surface area contributed by atoms with E-state index in [4.69, 9.17) is 4.74 Å². The quantitative estimate of drug-likeness (QED) is 0.664. The molecule has 3 rings (SSSR count). The molecule has 1 atom stereocenters. The molecule has 2 heterocycles. The molecular weight excluding hydrogens is 388 g/mol. The number of nitrogens with zero attached hydrogens (tertiary/aromatic N) is 2. The van der Waals surface area contributed by atoms with Crippen LogP contribution in [-0.4, -0.2) is 21.7 Å². The van der Waals surface area contributed by atoms with Crippen LogP contribution >= 0.6 is 27.3 Å². The van der Waals surface area contributed by atoms with Crippen molar-refractivity contribution < 1.29 is 9.84 Å². The van der Waals surface area contributed by atoms with Gasteiger partial charge in [0.2, 0.25) is 0 Å². The first-order chi connectivity index (χ1) is 11.5. The highest BCUT2D eigenvalue weighted by Crippen LogP contribution is 2.43. The molecule has 0 aliphatic heterocycles. The zero-order chi connectivity index (χ0) is 17.3. The Labute approximate surface area is 153 Å². The molecule has 1 unspecified atom stereocenters. The van der Waals surface area contributed by atoms with Crippen molar-refractivity contribution in [3.8, 4) is 5.75 Å². The van der Waals surface area contributed by atoms with Crippen LogP contribution in [0.3, 0.4) is 0 Å². The third-order valence-corrected chi connectivity index (χ3v) is 5.64. The molecule has 126 valence electrons. The monoisotopic (exact) mass is 406 g/mol. The predicted octanol–water partition coefficient (Wildman–Crippen LogP) is 4.74. The molecule has 4 nitrogen and oxygen atoms in total. The van der Waals surface area contributed by atoms with Crippen LogP contribution in [0.4, 0.5) is 0 Å². The van der Waals surface area contributed by atoms with E-state index in [1.807, 2.05) is 39.0 Å². The Kier molecular flexibility index (Phi) is 4.90. The van der Waals surface area contributed by atoms with Crippen molar-refractivity contribution in [1.82, 2.24) is 9.97 Å². The van der Waals surface area contributed by atoms with E-state index in [1.165, 1.54) is 11.3 Å². The van der Waals surface area contributed by atoms with Crippen molar-refractivity contribution >= 4 is 37.5 Å². The number of thiazole rings is 1. The van der Waals surface area contributed by atoms with Gasteiger partial charge in [0.15, 0.2) is 0 Å². The van der Waals surface area contributed by atoms with Crippen LogP contribution in [0, 0.1) is 5.92 Å². The number of rotatable bonds is 5. The molecule has 0 bridgehead atoms. The predicted molar refractivity (Wildman–Crippen MR) is 101 cm³/mol. The second-order valence-electron chi connectivity index (χ2n) is 5.86. The van der Waals surface area contributed by atoms with Gasteiger partial charge >= 0.3 is 0 Å². The third-order valence-electron chi connectivity index (χ3n) is 4.00. The molecular formula is C18H19BrN2O2S. The zero-order valence-electron chi connectivity index (χ0n) is 13.8. The van der Waals surface area contributed by atoms with E-state index in [2.05, 4.69) is 25.9 Å². The van der Waals surface area contributed by atoms with Gasteiger partial charge in [-0.15, -0.1) is 11.3 Å². The first-order valence-electron chi connectivity index (χ1n) is 7.83. The van der Waals surface area contributed by atoms with Gasteiger partial charge in [0, 0.05) is 16.9 Å². The van der Waals surface area contributed by atoms with E-state index in [0.29, 0.717) is 22.9 Å². The summed E-state index contributed by atoms with van der Waals surface area (Å²) < 4.78 is 7.74. The van der Waals surface area contributed by atoms with E-state index in [0.717, 1.165) is 14.7 Å². The Bertz CT molecular complexity index is 865. The average Bonchev–Trinajstić information content (AvgIpc) is 2.98. The van der Waals surface area contributed by atoms with Gasteiger partial charge in [-0.1, -0.05) is 29.8 Å². The second-order valence-corrected chi connectivity index (χ2v) is 7.80. The summed E-state index contributed by atoms with van der Waals surface area (Å²) in [5, 5.41) is 12.3.